The molecule has 0 saturated heterocycles. The summed E-state index contributed by atoms with van der Waals surface area (Å²) >= 11 is 3.18. The molecule has 0 N–H and O–H groups in total. The van der Waals surface area contributed by atoms with Crippen LogP contribution in [0, 0.1) is 17.7 Å². The van der Waals surface area contributed by atoms with Crippen molar-refractivity contribution in [3.63, 3.8) is 0 Å². The molecule has 3 heteroatoms. The van der Waals surface area contributed by atoms with Crippen LogP contribution >= 0.6 is 15.9 Å². The zero-order chi connectivity index (χ0) is 13.1. The predicted octanol–water partition coefficient (Wildman–Crippen LogP) is 4.99. The Morgan fingerprint density at radius 3 is 2.61 bits per heavy atom. The Morgan fingerprint density at radius 1 is 1.33 bits per heavy atom. The molecule has 1 aliphatic carbocycles. The summed E-state index contributed by atoms with van der Waals surface area (Å²) in [6.45, 7) is 2.20. The monoisotopic (exact) mass is 312 g/mol. The lowest BCUT2D eigenvalue weighted by atomic mass is 9.78. The highest BCUT2D eigenvalue weighted by Gasteiger charge is 2.27. The largest absolute Gasteiger partial charge is 0.294 e. The number of carbonyl (C=O) groups is 1. The maximum Gasteiger partial charge on any atom is 0.167 e. The topological polar surface area (TPSA) is 17.1 Å². The van der Waals surface area contributed by atoms with E-state index in [9.17, 15) is 9.18 Å². The zero-order valence-corrected chi connectivity index (χ0v) is 12.2. The molecule has 2 rings (SSSR count). The number of hydrogen-bond donors (Lipinski definition) is 0. The highest BCUT2D eigenvalue weighted by atomic mass is 79.9. The van der Waals surface area contributed by atoms with Crippen LogP contribution in [-0.2, 0) is 0 Å². The van der Waals surface area contributed by atoms with Crippen molar-refractivity contribution in [3.8, 4) is 0 Å². The van der Waals surface area contributed by atoms with Crippen LogP contribution in [-0.4, -0.2) is 5.78 Å². The van der Waals surface area contributed by atoms with E-state index in [1.165, 1.54) is 12.5 Å². The molecule has 1 aromatic rings. The average Bonchev–Trinajstić information content (AvgIpc) is 2.41. The third-order valence-corrected chi connectivity index (χ3v) is 4.82. The number of Topliss-reactive ketones (excluding diaryl/α,β-unsaturated/α-hetero) is 1. The lowest BCUT2D eigenvalue weighted by Gasteiger charge is -2.27. The molecule has 18 heavy (non-hydrogen) atoms. The van der Waals surface area contributed by atoms with Crippen molar-refractivity contribution in [2.24, 2.45) is 11.8 Å². The molecule has 1 fully saturated rings. The molecule has 0 radical (unpaired) electrons. The van der Waals surface area contributed by atoms with Gasteiger partial charge < -0.3 is 0 Å². The van der Waals surface area contributed by atoms with E-state index in [4.69, 9.17) is 0 Å². The summed E-state index contributed by atoms with van der Waals surface area (Å²) in [5.74, 6) is 0.579. The van der Waals surface area contributed by atoms with Crippen LogP contribution in [0.2, 0.25) is 0 Å². The molecule has 0 atom stereocenters. The van der Waals surface area contributed by atoms with Gasteiger partial charge in [0, 0.05) is 11.5 Å². The Hall–Kier alpha value is -0.700. The molecule has 1 saturated carbocycles. The van der Waals surface area contributed by atoms with E-state index < -0.39 is 0 Å². The van der Waals surface area contributed by atoms with Gasteiger partial charge >= 0.3 is 0 Å². The lowest BCUT2D eigenvalue weighted by Crippen LogP contribution is -2.22. The Balaban J connectivity index is 2.10. The van der Waals surface area contributed by atoms with Crippen molar-refractivity contribution in [1.29, 1.82) is 0 Å². The maximum absolute atomic E-state index is 13.4. The fourth-order valence-corrected chi connectivity index (χ4v) is 3.21. The first-order valence-electron chi connectivity index (χ1n) is 6.61. The number of ketones is 1. The van der Waals surface area contributed by atoms with Gasteiger partial charge in [-0.1, -0.05) is 25.5 Å². The molecule has 0 spiro atoms. The van der Waals surface area contributed by atoms with Gasteiger partial charge in [0.05, 0.1) is 4.47 Å². The van der Waals surface area contributed by atoms with Crippen molar-refractivity contribution in [3.05, 3.63) is 34.1 Å². The minimum absolute atomic E-state index is 0.0749. The van der Waals surface area contributed by atoms with Crippen LogP contribution in [0.25, 0.3) is 0 Å². The van der Waals surface area contributed by atoms with E-state index in [0.29, 0.717) is 10.0 Å². The van der Waals surface area contributed by atoms with Gasteiger partial charge in [0.25, 0.3) is 0 Å². The molecule has 1 aromatic carbocycles. The van der Waals surface area contributed by atoms with Crippen molar-refractivity contribution >= 4 is 21.7 Å². The first-order valence-corrected chi connectivity index (χ1v) is 7.41. The van der Waals surface area contributed by atoms with E-state index in [0.717, 1.165) is 31.6 Å². The van der Waals surface area contributed by atoms with E-state index in [2.05, 4.69) is 22.9 Å². The number of halogens is 2. The minimum atomic E-state index is -0.358. The molecule has 0 bridgehead atoms. The minimum Gasteiger partial charge on any atom is -0.294 e. The molecule has 0 heterocycles. The number of rotatable bonds is 3. The zero-order valence-electron chi connectivity index (χ0n) is 10.6. The summed E-state index contributed by atoms with van der Waals surface area (Å²) in [7, 11) is 0. The van der Waals surface area contributed by atoms with Gasteiger partial charge in [-0.05, 0) is 53.6 Å². The highest BCUT2D eigenvalue weighted by molar-refractivity contribution is 9.10. The Kier molecular flexibility index (Phi) is 4.55. The fraction of sp³-hybridized carbons (Fsp3) is 0.533. The summed E-state index contributed by atoms with van der Waals surface area (Å²) in [6, 6.07) is 4.68. The SMILES string of the molecule is CCC1CCC(C(=O)c2cccc(F)c2Br)CC1. The first kappa shape index (κ1) is 13.7. The molecule has 0 aliphatic heterocycles. The second-order valence-corrected chi connectivity index (χ2v) is 5.88. The van der Waals surface area contributed by atoms with Crippen molar-refractivity contribution in [1.82, 2.24) is 0 Å². The summed E-state index contributed by atoms with van der Waals surface area (Å²) in [5, 5.41) is 0. The van der Waals surface area contributed by atoms with Crippen molar-refractivity contribution < 1.29 is 9.18 Å². The number of hydrogen-bond acceptors (Lipinski definition) is 1. The number of carbonyl (C=O) groups excluding carboxylic acids is 1. The van der Waals surface area contributed by atoms with Gasteiger partial charge in [0.1, 0.15) is 5.82 Å². The van der Waals surface area contributed by atoms with Crippen LogP contribution in [0.15, 0.2) is 22.7 Å². The van der Waals surface area contributed by atoms with Crippen LogP contribution in [0.1, 0.15) is 49.4 Å². The highest BCUT2D eigenvalue weighted by Crippen LogP contribution is 2.34. The Labute approximate surface area is 116 Å². The maximum atomic E-state index is 13.4. The van der Waals surface area contributed by atoms with Gasteiger partial charge in [-0.2, -0.15) is 0 Å². The van der Waals surface area contributed by atoms with E-state index >= 15 is 0 Å². The molecular formula is C15H18BrFO. The van der Waals surface area contributed by atoms with Crippen LogP contribution in [0.4, 0.5) is 4.39 Å². The Morgan fingerprint density at radius 2 is 2.00 bits per heavy atom. The van der Waals surface area contributed by atoms with Gasteiger partial charge in [-0.15, -0.1) is 0 Å². The van der Waals surface area contributed by atoms with Gasteiger partial charge in [-0.3, -0.25) is 4.79 Å². The lowest BCUT2D eigenvalue weighted by molar-refractivity contribution is 0.0869. The van der Waals surface area contributed by atoms with Gasteiger partial charge in [0.2, 0.25) is 0 Å². The molecular weight excluding hydrogens is 295 g/mol. The summed E-state index contributed by atoms with van der Waals surface area (Å²) in [4.78, 5) is 12.4. The molecule has 98 valence electrons. The molecule has 0 unspecified atom stereocenters. The summed E-state index contributed by atoms with van der Waals surface area (Å²) in [6.07, 6.45) is 5.34. The fourth-order valence-electron chi connectivity index (χ4n) is 2.75. The third-order valence-electron chi connectivity index (χ3n) is 4.01. The van der Waals surface area contributed by atoms with Crippen LogP contribution < -0.4 is 0 Å². The average molecular weight is 313 g/mol. The molecule has 0 amide bonds. The summed E-state index contributed by atoms with van der Waals surface area (Å²) < 4.78 is 13.7. The van der Waals surface area contributed by atoms with E-state index in [-0.39, 0.29) is 17.5 Å². The van der Waals surface area contributed by atoms with Gasteiger partial charge in [0.15, 0.2) is 5.78 Å². The second kappa shape index (κ2) is 5.96. The smallest absolute Gasteiger partial charge is 0.167 e. The third kappa shape index (κ3) is 2.82. The molecule has 1 aliphatic rings. The van der Waals surface area contributed by atoms with E-state index in [1.54, 1.807) is 12.1 Å². The normalized spacial score (nSPS) is 23.9. The van der Waals surface area contributed by atoms with Gasteiger partial charge in [-0.25, -0.2) is 4.39 Å². The predicted molar refractivity (Wildman–Crippen MR) is 74.2 cm³/mol. The second-order valence-electron chi connectivity index (χ2n) is 5.09. The first-order chi connectivity index (χ1) is 8.63. The van der Waals surface area contributed by atoms with Crippen LogP contribution in [0.5, 0.6) is 0 Å². The summed E-state index contributed by atoms with van der Waals surface area (Å²) in [5.41, 5.74) is 0.495. The quantitative estimate of drug-likeness (QED) is 0.719. The Bertz CT molecular complexity index is 436. The van der Waals surface area contributed by atoms with Crippen molar-refractivity contribution in [2.75, 3.05) is 0 Å². The molecule has 1 nitrogen and oxygen atoms in total. The molecule has 0 aromatic heterocycles. The van der Waals surface area contributed by atoms with Crippen LogP contribution in [0.3, 0.4) is 0 Å². The van der Waals surface area contributed by atoms with E-state index in [1.807, 2.05) is 0 Å². The van der Waals surface area contributed by atoms with Crippen molar-refractivity contribution in [2.45, 2.75) is 39.0 Å². The standard InChI is InChI=1S/C15H18BrFO/c1-2-10-6-8-11(9-7-10)15(18)12-4-3-5-13(17)14(12)16/h3-5,10-11H,2,6-9H2,1H3. The number of benzene rings is 1.